The molecule has 0 aliphatic carbocycles. The Balaban J connectivity index is 2.09. The largest absolute Gasteiger partial charge is 0.379 e. The topological polar surface area (TPSA) is 86.5 Å². The maximum atomic E-state index is 12.7. The van der Waals surface area contributed by atoms with Gasteiger partial charge < -0.3 is 4.74 Å². The zero-order chi connectivity index (χ0) is 16.7. The highest BCUT2D eigenvalue weighted by atomic mass is 35.5. The molecular weight excluding hydrogens is 340 g/mol. The number of morpholine rings is 1. The lowest BCUT2D eigenvalue weighted by Gasteiger charge is -2.29. The number of hydrogen-bond donors (Lipinski definition) is 0. The van der Waals surface area contributed by atoms with Crippen LogP contribution >= 0.6 is 11.6 Å². The zero-order valence-electron chi connectivity index (χ0n) is 12.7. The molecule has 1 aromatic heterocycles. The van der Waals surface area contributed by atoms with Crippen molar-refractivity contribution in [3.05, 3.63) is 23.5 Å². The first-order valence-corrected chi connectivity index (χ1v) is 9.14. The number of nitriles is 1. The van der Waals surface area contributed by atoms with Gasteiger partial charge in [0, 0.05) is 45.3 Å². The predicted molar refractivity (Wildman–Crippen MR) is 85.5 cm³/mol. The molecule has 0 spiro atoms. The summed E-state index contributed by atoms with van der Waals surface area (Å²) >= 11 is 5.71. The fourth-order valence-electron chi connectivity index (χ4n) is 2.27. The molecule has 126 valence electrons. The standard InChI is InChI=1S/C14H19ClN4O3S/c15-14-3-2-13(12-17-14)23(20,21)19(5-1-4-16)7-6-18-8-10-22-11-9-18/h2-3,12H,1,5-11H2. The molecular formula is C14H19ClN4O3S. The number of sulfonamides is 1. The van der Waals surface area contributed by atoms with Crippen LogP contribution in [-0.4, -0.2) is 68.5 Å². The second kappa shape index (κ2) is 8.57. The van der Waals surface area contributed by atoms with Crippen molar-refractivity contribution in [3.8, 4) is 6.07 Å². The highest BCUT2D eigenvalue weighted by Gasteiger charge is 2.25. The first kappa shape index (κ1) is 18.1. The molecule has 1 fully saturated rings. The van der Waals surface area contributed by atoms with Crippen LogP contribution in [0.3, 0.4) is 0 Å². The van der Waals surface area contributed by atoms with Gasteiger partial charge in [-0.05, 0) is 12.1 Å². The average molecular weight is 359 g/mol. The van der Waals surface area contributed by atoms with Gasteiger partial charge in [0.05, 0.1) is 19.3 Å². The van der Waals surface area contributed by atoms with E-state index in [4.69, 9.17) is 21.6 Å². The summed E-state index contributed by atoms with van der Waals surface area (Å²) in [5.74, 6) is 0. The van der Waals surface area contributed by atoms with Gasteiger partial charge in [0.15, 0.2) is 0 Å². The van der Waals surface area contributed by atoms with Crippen molar-refractivity contribution in [1.29, 1.82) is 5.26 Å². The minimum atomic E-state index is -3.69. The lowest BCUT2D eigenvalue weighted by molar-refractivity contribution is 0.0363. The molecule has 1 aliphatic rings. The van der Waals surface area contributed by atoms with E-state index in [9.17, 15) is 8.42 Å². The van der Waals surface area contributed by atoms with Crippen molar-refractivity contribution in [2.24, 2.45) is 0 Å². The molecule has 2 rings (SSSR count). The molecule has 2 heterocycles. The zero-order valence-corrected chi connectivity index (χ0v) is 14.3. The molecule has 0 atom stereocenters. The van der Waals surface area contributed by atoms with E-state index in [0.717, 1.165) is 13.1 Å². The second-order valence-electron chi connectivity index (χ2n) is 5.08. The van der Waals surface area contributed by atoms with Crippen LogP contribution in [0.5, 0.6) is 0 Å². The fraction of sp³-hybridized carbons (Fsp3) is 0.571. The molecule has 0 unspecified atom stereocenters. The maximum absolute atomic E-state index is 12.7. The van der Waals surface area contributed by atoms with Gasteiger partial charge in [-0.2, -0.15) is 9.57 Å². The molecule has 23 heavy (non-hydrogen) atoms. The Morgan fingerprint density at radius 2 is 2.09 bits per heavy atom. The van der Waals surface area contributed by atoms with Crippen LogP contribution in [0, 0.1) is 11.3 Å². The highest BCUT2D eigenvalue weighted by Crippen LogP contribution is 2.17. The quantitative estimate of drug-likeness (QED) is 0.675. The van der Waals surface area contributed by atoms with Gasteiger partial charge in [0.25, 0.3) is 0 Å². The number of aromatic nitrogens is 1. The molecule has 0 aromatic carbocycles. The Morgan fingerprint density at radius 3 is 2.70 bits per heavy atom. The van der Waals surface area contributed by atoms with E-state index in [1.54, 1.807) is 0 Å². The van der Waals surface area contributed by atoms with Crippen LogP contribution in [-0.2, 0) is 14.8 Å². The summed E-state index contributed by atoms with van der Waals surface area (Å²) in [5, 5.41) is 9.01. The van der Waals surface area contributed by atoms with Crippen LogP contribution in [0.1, 0.15) is 6.42 Å². The monoisotopic (exact) mass is 358 g/mol. The minimum Gasteiger partial charge on any atom is -0.379 e. The summed E-state index contributed by atoms with van der Waals surface area (Å²) in [6.07, 6.45) is 1.38. The van der Waals surface area contributed by atoms with Gasteiger partial charge in [-0.25, -0.2) is 13.4 Å². The van der Waals surface area contributed by atoms with Gasteiger partial charge in [0.1, 0.15) is 10.0 Å². The van der Waals surface area contributed by atoms with Crippen molar-refractivity contribution in [2.75, 3.05) is 45.9 Å². The molecule has 9 heteroatoms. The summed E-state index contributed by atoms with van der Waals surface area (Å²) in [5.41, 5.74) is 0. The number of nitrogens with zero attached hydrogens (tertiary/aromatic N) is 4. The van der Waals surface area contributed by atoms with E-state index in [1.807, 2.05) is 6.07 Å². The van der Waals surface area contributed by atoms with Crippen LogP contribution < -0.4 is 0 Å². The van der Waals surface area contributed by atoms with Crippen molar-refractivity contribution in [3.63, 3.8) is 0 Å². The number of halogens is 1. The first-order valence-electron chi connectivity index (χ1n) is 7.33. The van der Waals surface area contributed by atoms with E-state index >= 15 is 0 Å². The van der Waals surface area contributed by atoms with Crippen molar-refractivity contribution >= 4 is 21.6 Å². The van der Waals surface area contributed by atoms with E-state index in [0.29, 0.717) is 26.3 Å². The third kappa shape index (κ3) is 5.12. The van der Waals surface area contributed by atoms with Crippen LogP contribution in [0.15, 0.2) is 23.2 Å². The molecule has 7 nitrogen and oxygen atoms in total. The Bertz CT molecular complexity index is 639. The second-order valence-corrected chi connectivity index (χ2v) is 7.41. The SMILES string of the molecule is N#CCCN(CCN1CCOCC1)S(=O)(=O)c1ccc(Cl)nc1. The first-order chi connectivity index (χ1) is 11.0. The molecule has 0 N–H and O–H groups in total. The molecule has 0 bridgehead atoms. The van der Waals surface area contributed by atoms with Crippen molar-refractivity contribution in [1.82, 2.24) is 14.2 Å². The molecule has 0 amide bonds. The van der Waals surface area contributed by atoms with Gasteiger partial charge >= 0.3 is 0 Å². The van der Waals surface area contributed by atoms with Crippen LogP contribution in [0.2, 0.25) is 5.15 Å². The van der Waals surface area contributed by atoms with Crippen molar-refractivity contribution in [2.45, 2.75) is 11.3 Å². The van der Waals surface area contributed by atoms with Crippen LogP contribution in [0.25, 0.3) is 0 Å². The Morgan fingerprint density at radius 1 is 1.35 bits per heavy atom. The van der Waals surface area contributed by atoms with Gasteiger partial charge in [-0.15, -0.1) is 0 Å². The third-order valence-corrected chi connectivity index (χ3v) is 5.69. The number of hydrogen-bond acceptors (Lipinski definition) is 6. The van der Waals surface area contributed by atoms with E-state index in [-0.39, 0.29) is 23.0 Å². The average Bonchev–Trinajstić information content (AvgIpc) is 2.56. The Labute approximate surface area is 141 Å². The predicted octanol–water partition coefficient (Wildman–Crippen LogP) is 0.972. The number of rotatable bonds is 7. The van der Waals surface area contributed by atoms with Gasteiger partial charge in [-0.3, -0.25) is 4.90 Å². The maximum Gasteiger partial charge on any atom is 0.244 e. The van der Waals surface area contributed by atoms with E-state index in [1.165, 1.54) is 22.6 Å². The molecule has 1 aliphatic heterocycles. The lowest BCUT2D eigenvalue weighted by atomic mass is 10.4. The minimum absolute atomic E-state index is 0.0850. The number of pyridine rings is 1. The molecule has 1 saturated heterocycles. The van der Waals surface area contributed by atoms with Gasteiger partial charge in [0.2, 0.25) is 10.0 Å². The summed E-state index contributed by atoms with van der Waals surface area (Å²) in [6.45, 7) is 3.98. The summed E-state index contributed by atoms with van der Waals surface area (Å²) < 4.78 is 32.0. The third-order valence-electron chi connectivity index (χ3n) is 3.58. The van der Waals surface area contributed by atoms with E-state index < -0.39 is 10.0 Å². The van der Waals surface area contributed by atoms with Crippen LogP contribution in [0.4, 0.5) is 0 Å². The molecule has 1 aromatic rings. The summed E-state index contributed by atoms with van der Waals surface area (Å²) in [7, 11) is -3.69. The Hall–Kier alpha value is -1.24. The van der Waals surface area contributed by atoms with E-state index in [2.05, 4.69) is 9.88 Å². The lowest BCUT2D eigenvalue weighted by Crippen LogP contribution is -2.43. The Kier molecular flexibility index (Phi) is 6.74. The summed E-state index contributed by atoms with van der Waals surface area (Å²) in [6, 6.07) is 4.87. The van der Waals surface area contributed by atoms with Crippen molar-refractivity contribution < 1.29 is 13.2 Å². The fourth-order valence-corrected chi connectivity index (χ4v) is 3.76. The summed E-state index contributed by atoms with van der Waals surface area (Å²) in [4.78, 5) is 6.06. The molecule has 0 saturated carbocycles. The normalized spacial score (nSPS) is 16.4. The highest BCUT2D eigenvalue weighted by molar-refractivity contribution is 7.89. The molecule has 0 radical (unpaired) electrons. The number of ether oxygens (including phenoxy) is 1. The smallest absolute Gasteiger partial charge is 0.244 e. The van der Waals surface area contributed by atoms with Gasteiger partial charge in [-0.1, -0.05) is 11.6 Å².